The number of thioether (sulfide) groups is 1. The Hall–Kier alpha value is -3.24. The summed E-state index contributed by atoms with van der Waals surface area (Å²) in [4.78, 5) is 25.3. The Bertz CT molecular complexity index is 1240. The predicted octanol–water partition coefficient (Wildman–Crippen LogP) is 4.09. The van der Waals surface area contributed by atoms with Gasteiger partial charge in [-0.1, -0.05) is 29.4 Å². The molecule has 0 saturated carbocycles. The summed E-state index contributed by atoms with van der Waals surface area (Å²) >= 11 is 7.59. The van der Waals surface area contributed by atoms with Crippen LogP contribution >= 0.6 is 23.4 Å². The van der Waals surface area contributed by atoms with Crippen molar-refractivity contribution in [3.8, 4) is 5.69 Å². The van der Waals surface area contributed by atoms with Gasteiger partial charge in [-0.2, -0.15) is 0 Å². The molecular weight excluding hydrogens is 466 g/mol. The number of carbonyl (C=O) groups is 2. The third-order valence-electron chi connectivity index (χ3n) is 4.99. The van der Waals surface area contributed by atoms with Crippen LogP contribution in [0.25, 0.3) is 5.69 Å². The zero-order valence-corrected chi connectivity index (χ0v) is 19.8. The number of urea groups is 1. The molecule has 1 aliphatic rings. The van der Waals surface area contributed by atoms with Gasteiger partial charge in [0.15, 0.2) is 5.16 Å². The highest BCUT2D eigenvalue weighted by Crippen LogP contribution is 2.32. The Morgan fingerprint density at radius 3 is 2.82 bits per heavy atom. The summed E-state index contributed by atoms with van der Waals surface area (Å²) < 4.78 is 12.8. The maximum atomic E-state index is 12.9. The number of ether oxygens (including phenoxy) is 1. The topological polar surface area (TPSA) is 111 Å². The van der Waals surface area contributed by atoms with Gasteiger partial charge in [0.05, 0.1) is 17.9 Å². The summed E-state index contributed by atoms with van der Waals surface area (Å²) in [5.41, 5.74) is 2.46. The quantitative estimate of drug-likeness (QED) is 0.381. The number of amides is 2. The number of aryl methyl sites for hydroxylation is 2. The van der Waals surface area contributed by atoms with Crippen LogP contribution in [-0.2, 0) is 9.53 Å². The minimum atomic E-state index is -0.768. The second-order valence-electron chi connectivity index (χ2n) is 7.30. The number of hydrogen-bond acceptors (Lipinski definition) is 7. The first-order valence-electron chi connectivity index (χ1n) is 10.2. The van der Waals surface area contributed by atoms with Crippen LogP contribution in [0.5, 0.6) is 0 Å². The number of nitrogens with zero attached hydrogens (tertiary/aromatic N) is 3. The summed E-state index contributed by atoms with van der Waals surface area (Å²) in [5.74, 6) is 0.828. The van der Waals surface area contributed by atoms with Crippen molar-refractivity contribution in [2.45, 2.75) is 32.0 Å². The number of rotatable bonds is 7. The van der Waals surface area contributed by atoms with Gasteiger partial charge < -0.3 is 19.8 Å². The molecule has 1 aliphatic heterocycles. The van der Waals surface area contributed by atoms with Crippen LogP contribution in [-0.4, -0.2) is 39.1 Å². The lowest BCUT2D eigenvalue weighted by atomic mass is 10.0. The molecule has 0 saturated heterocycles. The molecule has 1 aromatic carbocycles. The van der Waals surface area contributed by atoms with Crippen molar-refractivity contribution in [2.75, 3.05) is 12.4 Å². The van der Waals surface area contributed by atoms with Crippen LogP contribution in [0.4, 0.5) is 4.79 Å². The molecule has 33 heavy (non-hydrogen) atoms. The molecule has 3 heterocycles. The maximum Gasteiger partial charge on any atom is 0.338 e. The smallest absolute Gasteiger partial charge is 0.338 e. The summed E-state index contributed by atoms with van der Waals surface area (Å²) in [5, 5.41) is 14.9. The molecular formula is C22H22ClN5O4S. The summed E-state index contributed by atoms with van der Waals surface area (Å²) in [6.07, 6.45) is 1.58. The van der Waals surface area contributed by atoms with Crippen LogP contribution in [0.3, 0.4) is 0 Å². The molecule has 0 aliphatic carbocycles. The number of hydrogen-bond donors (Lipinski definition) is 2. The molecule has 9 nitrogen and oxygen atoms in total. The van der Waals surface area contributed by atoms with Crippen LogP contribution in [0.1, 0.15) is 30.0 Å². The normalized spacial score (nSPS) is 15.9. The molecule has 0 bridgehead atoms. The highest BCUT2D eigenvalue weighted by atomic mass is 35.5. The van der Waals surface area contributed by atoms with Crippen molar-refractivity contribution in [1.82, 2.24) is 25.4 Å². The minimum absolute atomic E-state index is 0.198. The second-order valence-corrected chi connectivity index (χ2v) is 8.65. The lowest BCUT2D eigenvalue weighted by Crippen LogP contribution is -2.46. The van der Waals surface area contributed by atoms with Gasteiger partial charge in [0, 0.05) is 16.5 Å². The van der Waals surface area contributed by atoms with E-state index in [2.05, 4.69) is 20.8 Å². The van der Waals surface area contributed by atoms with Crippen molar-refractivity contribution >= 4 is 35.4 Å². The van der Waals surface area contributed by atoms with Crippen LogP contribution < -0.4 is 10.6 Å². The minimum Gasteiger partial charge on any atom is -0.464 e. The Labute approximate surface area is 199 Å². The lowest BCUT2D eigenvalue weighted by molar-refractivity contribution is -0.139. The van der Waals surface area contributed by atoms with Gasteiger partial charge in [-0.25, -0.2) is 9.59 Å². The molecule has 11 heteroatoms. The molecule has 0 radical (unpaired) electrons. The van der Waals surface area contributed by atoms with E-state index in [1.165, 1.54) is 11.8 Å². The summed E-state index contributed by atoms with van der Waals surface area (Å²) in [7, 11) is 0. The van der Waals surface area contributed by atoms with Crippen LogP contribution in [0.15, 0.2) is 57.5 Å². The Kier molecular flexibility index (Phi) is 6.75. The average Bonchev–Trinajstić information content (AvgIpc) is 3.43. The number of halogens is 1. The lowest BCUT2D eigenvalue weighted by Gasteiger charge is -2.27. The van der Waals surface area contributed by atoms with E-state index in [-0.39, 0.29) is 17.9 Å². The van der Waals surface area contributed by atoms with E-state index in [9.17, 15) is 9.59 Å². The van der Waals surface area contributed by atoms with Crippen LogP contribution in [0.2, 0.25) is 5.02 Å². The van der Waals surface area contributed by atoms with Crippen molar-refractivity contribution < 1.29 is 18.7 Å². The van der Waals surface area contributed by atoms with E-state index >= 15 is 0 Å². The van der Waals surface area contributed by atoms with E-state index in [4.69, 9.17) is 20.8 Å². The first-order valence-corrected chi connectivity index (χ1v) is 11.6. The third-order valence-corrected chi connectivity index (χ3v) is 6.37. The van der Waals surface area contributed by atoms with Gasteiger partial charge in [0.2, 0.25) is 0 Å². The Balaban J connectivity index is 1.66. The average molecular weight is 488 g/mol. The number of aromatic nitrogens is 3. The molecule has 1 unspecified atom stereocenters. The predicted molar refractivity (Wildman–Crippen MR) is 123 cm³/mol. The second kappa shape index (κ2) is 9.72. The largest absolute Gasteiger partial charge is 0.464 e. The third kappa shape index (κ3) is 4.91. The number of esters is 1. The fourth-order valence-electron chi connectivity index (χ4n) is 3.37. The monoisotopic (exact) mass is 487 g/mol. The van der Waals surface area contributed by atoms with E-state index in [1.54, 1.807) is 36.9 Å². The number of furan rings is 1. The SMILES string of the molecule is CCOC(=O)C1=C(CSc2nncn2-c2ccc(C)c(Cl)c2)NC(=O)NC1c1ccc(C)o1. The Morgan fingerprint density at radius 1 is 1.30 bits per heavy atom. The number of benzene rings is 1. The maximum absolute atomic E-state index is 12.9. The zero-order chi connectivity index (χ0) is 23.5. The molecule has 2 N–H and O–H groups in total. The van der Waals surface area contributed by atoms with Crippen molar-refractivity contribution in [1.29, 1.82) is 0 Å². The van der Waals surface area contributed by atoms with E-state index < -0.39 is 18.0 Å². The van der Waals surface area contributed by atoms with E-state index in [0.29, 0.717) is 27.4 Å². The molecule has 4 rings (SSSR count). The molecule has 172 valence electrons. The zero-order valence-electron chi connectivity index (χ0n) is 18.2. The Morgan fingerprint density at radius 2 is 2.12 bits per heavy atom. The summed E-state index contributed by atoms with van der Waals surface area (Å²) in [6, 6.07) is 7.95. The van der Waals surface area contributed by atoms with E-state index in [0.717, 1.165) is 11.3 Å². The van der Waals surface area contributed by atoms with Crippen molar-refractivity contribution in [3.05, 3.63) is 70.0 Å². The molecule has 0 spiro atoms. The van der Waals surface area contributed by atoms with Gasteiger partial charge in [0.25, 0.3) is 0 Å². The van der Waals surface area contributed by atoms with Gasteiger partial charge in [-0.3, -0.25) is 4.57 Å². The van der Waals surface area contributed by atoms with Crippen molar-refractivity contribution in [3.63, 3.8) is 0 Å². The highest BCUT2D eigenvalue weighted by molar-refractivity contribution is 7.99. The first-order chi connectivity index (χ1) is 15.9. The van der Waals surface area contributed by atoms with Crippen molar-refractivity contribution in [2.24, 2.45) is 0 Å². The first kappa shape index (κ1) is 22.9. The molecule has 2 amide bonds. The van der Waals surface area contributed by atoms with Gasteiger partial charge >= 0.3 is 12.0 Å². The highest BCUT2D eigenvalue weighted by Gasteiger charge is 2.35. The standard InChI is InChI=1S/C22H22ClN5O4S/c1-4-31-20(29)18-16(25-21(30)26-19(18)17-8-6-13(3)32-17)10-33-22-27-24-11-28(22)14-7-5-12(2)15(23)9-14/h5-9,11,19H,4,10H2,1-3H3,(H2,25,26,30). The molecule has 0 fully saturated rings. The van der Waals surface area contributed by atoms with Gasteiger partial charge in [-0.15, -0.1) is 10.2 Å². The fraction of sp³-hybridized carbons (Fsp3) is 0.273. The molecule has 2 aromatic heterocycles. The van der Waals surface area contributed by atoms with Gasteiger partial charge in [0.1, 0.15) is 23.9 Å². The van der Waals surface area contributed by atoms with Gasteiger partial charge in [-0.05, 0) is 50.6 Å². The fourth-order valence-corrected chi connectivity index (χ4v) is 4.44. The van der Waals surface area contributed by atoms with Crippen LogP contribution in [0, 0.1) is 13.8 Å². The number of carbonyl (C=O) groups excluding carboxylic acids is 2. The molecule has 1 atom stereocenters. The van der Waals surface area contributed by atoms with E-state index in [1.807, 2.05) is 25.1 Å². The molecule has 3 aromatic rings. The summed E-state index contributed by atoms with van der Waals surface area (Å²) in [6.45, 7) is 5.64. The number of nitrogens with one attached hydrogen (secondary N) is 2.